The van der Waals surface area contributed by atoms with Gasteiger partial charge in [-0.25, -0.2) is 4.68 Å². The van der Waals surface area contributed by atoms with Crippen LogP contribution in [0.5, 0.6) is 0 Å². The van der Waals surface area contributed by atoms with Crippen molar-refractivity contribution in [1.82, 2.24) is 9.78 Å². The summed E-state index contributed by atoms with van der Waals surface area (Å²) in [4.78, 5) is 0. The third-order valence-electron chi connectivity index (χ3n) is 2.31. The highest BCUT2D eigenvalue weighted by Crippen LogP contribution is 2.14. The maximum Gasteiger partial charge on any atom is 0.139 e. The number of hydrogen-bond acceptors (Lipinski definition) is 3. The number of hydrogen-bond donors (Lipinski definition) is 1. The van der Waals surface area contributed by atoms with E-state index in [-0.39, 0.29) is 6.04 Å². The number of ether oxygens (including phenoxy) is 1. The van der Waals surface area contributed by atoms with Crippen molar-refractivity contribution < 1.29 is 4.74 Å². The molecule has 0 bridgehead atoms. The summed E-state index contributed by atoms with van der Waals surface area (Å²) in [5.41, 5.74) is 9.23. The van der Waals surface area contributed by atoms with Crippen molar-refractivity contribution >= 4 is 0 Å². The summed E-state index contributed by atoms with van der Waals surface area (Å²) in [6.45, 7) is 6.58. The van der Waals surface area contributed by atoms with Gasteiger partial charge >= 0.3 is 0 Å². The molecule has 4 nitrogen and oxygen atoms in total. The number of rotatable bonds is 4. The molecule has 0 amide bonds. The molecule has 0 saturated heterocycles. The van der Waals surface area contributed by atoms with Crippen LogP contribution in [0.1, 0.15) is 23.9 Å². The minimum atomic E-state index is 0.174. The summed E-state index contributed by atoms with van der Waals surface area (Å²) in [6, 6.07) is 0.174. The zero-order valence-electron chi connectivity index (χ0n) is 9.37. The molecular weight excluding hydrogens is 178 g/mol. The Balaban J connectivity index is 2.92. The number of nitrogens with two attached hydrogens (primary N) is 1. The lowest BCUT2D eigenvalue weighted by Gasteiger charge is -2.06. The molecule has 0 aliphatic heterocycles. The highest BCUT2D eigenvalue weighted by molar-refractivity contribution is 5.25. The zero-order valence-corrected chi connectivity index (χ0v) is 9.37. The summed E-state index contributed by atoms with van der Waals surface area (Å²) < 4.78 is 6.92. The quantitative estimate of drug-likeness (QED) is 0.783. The molecule has 0 saturated carbocycles. The van der Waals surface area contributed by atoms with Crippen molar-refractivity contribution in [3.8, 4) is 0 Å². The summed E-state index contributed by atoms with van der Waals surface area (Å²) >= 11 is 0. The molecule has 4 heteroatoms. The smallest absolute Gasteiger partial charge is 0.139 e. The van der Waals surface area contributed by atoms with E-state index in [1.54, 1.807) is 7.11 Å². The second kappa shape index (κ2) is 4.57. The second-order valence-corrected chi connectivity index (χ2v) is 3.75. The monoisotopic (exact) mass is 197 g/mol. The summed E-state index contributed by atoms with van der Waals surface area (Å²) in [6.07, 6.45) is 0.876. The molecule has 0 aliphatic carbocycles. The van der Waals surface area contributed by atoms with Crippen LogP contribution in [-0.2, 0) is 17.9 Å². The molecule has 1 aromatic heterocycles. The van der Waals surface area contributed by atoms with Crippen LogP contribution in [-0.4, -0.2) is 22.9 Å². The van der Waals surface area contributed by atoms with Gasteiger partial charge in [0.25, 0.3) is 0 Å². The second-order valence-electron chi connectivity index (χ2n) is 3.75. The number of nitrogens with zero attached hydrogens (tertiary/aromatic N) is 2. The van der Waals surface area contributed by atoms with Gasteiger partial charge in [-0.2, -0.15) is 5.10 Å². The molecule has 0 aliphatic rings. The zero-order chi connectivity index (χ0) is 10.7. The van der Waals surface area contributed by atoms with Gasteiger partial charge < -0.3 is 10.5 Å². The fourth-order valence-electron chi connectivity index (χ4n) is 1.60. The van der Waals surface area contributed by atoms with E-state index < -0.39 is 0 Å². The maximum atomic E-state index is 5.78. The minimum absolute atomic E-state index is 0.174. The molecule has 0 aromatic carbocycles. The minimum Gasteiger partial charge on any atom is -0.362 e. The molecule has 1 rings (SSSR count). The van der Waals surface area contributed by atoms with Crippen molar-refractivity contribution in [2.45, 2.75) is 40.0 Å². The topological polar surface area (TPSA) is 53.1 Å². The predicted octanol–water partition coefficient (Wildman–Crippen LogP) is 0.994. The Hall–Kier alpha value is -0.870. The standard InChI is InChI=1S/C10H19N3O/c1-7(11)5-10-8(2)12-13(6-14-4)9(10)3/h7H,5-6,11H2,1-4H3. The first-order valence-electron chi connectivity index (χ1n) is 4.83. The van der Waals surface area contributed by atoms with E-state index in [1.165, 1.54) is 5.56 Å². The van der Waals surface area contributed by atoms with E-state index in [9.17, 15) is 0 Å². The molecule has 1 unspecified atom stereocenters. The van der Waals surface area contributed by atoms with Gasteiger partial charge in [0.05, 0.1) is 5.69 Å². The third kappa shape index (κ3) is 2.33. The van der Waals surface area contributed by atoms with Crippen LogP contribution < -0.4 is 5.73 Å². The van der Waals surface area contributed by atoms with Crippen LogP contribution in [0.25, 0.3) is 0 Å². The van der Waals surface area contributed by atoms with Gasteiger partial charge in [-0.15, -0.1) is 0 Å². The first-order chi connectivity index (χ1) is 6.56. The van der Waals surface area contributed by atoms with Crippen molar-refractivity contribution in [3.63, 3.8) is 0 Å². The molecule has 0 fully saturated rings. The lowest BCUT2D eigenvalue weighted by atomic mass is 10.1. The Morgan fingerprint density at radius 2 is 2.14 bits per heavy atom. The fourth-order valence-corrected chi connectivity index (χ4v) is 1.60. The lowest BCUT2D eigenvalue weighted by Crippen LogP contribution is -2.18. The van der Waals surface area contributed by atoms with E-state index in [1.807, 2.05) is 18.5 Å². The van der Waals surface area contributed by atoms with Crippen LogP contribution in [0.15, 0.2) is 0 Å². The van der Waals surface area contributed by atoms with Gasteiger partial charge in [0.1, 0.15) is 6.73 Å². The van der Waals surface area contributed by atoms with E-state index in [0.717, 1.165) is 17.8 Å². The molecule has 2 N–H and O–H groups in total. The molecule has 80 valence electrons. The van der Waals surface area contributed by atoms with Gasteiger partial charge in [-0.05, 0) is 32.8 Å². The largest absolute Gasteiger partial charge is 0.362 e. The summed E-state index contributed by atoms with van der Waals surface area (Å²) in [5.74, 6) is 0. The van der Waals surface area contributed by atoms with Crippen LogP contribution in [0, 0.1) is 13.8 Å². The number of methoxy groups -OCH3 is 1. The molecule has 1 heterocycles. The normalized spacial score (nSPS) is 13.2. The molecule has 0 radical (unpaired) electrons. The van der Waals surface area contributed by atoms with E-state index in [4.69, 9.17) is 10.5 Å². The van der Waals surface area contributed by atoms with E-state index in [2.05, 4.69) is 12.0 Å². The van der Waals surface area contributed by atoms with E-state index >= 15 is 0 Å². The van der Waals surface area contributed by atoms with Crippen molar-refractivity contribution in [1.29, 1.82) is 0 Å². The fraction of sp³-hybridized carbons (Fsp3) is 0.700. The number of aromatic nitrogens is 2. The Kier molecular flexibility index (Phi) is 3.66. The molecular formula is C10H19N3O. The van der Waals surface area contributed by atoms with Gasteiger partial charge in [0, 0.05) is 18.8 Å². The first-order valence-corrected chi connectivity index (χ1v) is 4.83. The Labute approximate surface area is 85.0 Å². The number of aryl methyl sites for hydroxylation is 1. The Bertz CT molecular complexity index is 305. The van der Waals surface area contributed by atoms with Gasteiger partial charge in [0.2, 0.25) is 0 Å². The molecule has 1 atom stereocenters. The van der Waals surface area contributed by atoms with Crippen molar-refractivity contribution in [3.05, 3.63) is 17.0 Å². The SMILES string of the molecule is COCn1nc(C)c(CC(C)N)c1C. The highest BCUT2D eigenvalue weighted by Gasteiger charge is 2.12. The van der Waals surface area contributed by atoms with Crippen LogP contribution in [0.4, 0.5) is 0 Å². The van der Waals surface area contributed by atoms with Crippen LogP contribution >= 0.6 is 0 Å². The van der Waals surface area contributed by atoms with Gasteiger partial charge in [0.15, 0.2) is 0 Å². The molecule has 0 spiro atoms. The molecule has 1 aromatic rings. The third-order valence-corrected chi connectivity index (χ3v) is 2.31. The first kappa shape index (κ1) is 11.2. The summed E-state index contributed by atoms with van der Waals surface area (Å²) in [7, 11) is 1.67. The summed E-state index contributed by atoms with van der Waals surface area (Å²) in [5, 5.41) is 4.39. The average Bonchev–Trinajstić information content (AvgIpc) is 2.33. The van der Waals surface area contributed by atoms with Crippen molar-refractivity contribution in [2.24, 2.45) is 5.73 Å². The van der Waals surface area contributed by atoms with Crippen LogP contribution in [0.3, 0.4) is 0 Å². The predicted molar refractivity (Wildman–Crippen MR) is 56.1 cm³/mol. The lowest BCUT2D eigenvalue weighted by molar-refractivity contribution is 0.118. The highest BCUT2D eigenvalue weighted by atomic mass is 16.5. The Morgan fingerprint density at radius 3 is 2.64 bits per heavy atom. The Morgan fingerprint density at radius 1 is 1.50 bits per heavy atom. The molecule has 14 heavy (non-hydrogen) atoms. The van der Waals surface area contributed by atoms with E-state index in [0.29, 0.717) is 6.73 Å². The van der Waals surface area contributed by atoms with Crippen molar-refractivity contribution in [2.75, 3.05) is 7.11 Å². The average molecular weight is 197 g/mol. The van der Waals surface area contributed by atoms with Gasteiger partial charge in [-0.3, -0.25) is 0 Å². The maximum absolute atomic E-state index is 5.78. The van der Waals surface area contributed by atoms with Crippen LogP contribution in [0.2, 0.25) is 0 Å². The van der Waals surface area contributed by atoms with Gasteiger partial charge in [-0.1, -0.05) is 0 Å².